The largest absolute Gasteiger partial charge is 0.467 e. The molecule has 1 aromatic carbocycles. The minimum atomic E-state index is 0.0156. The van der Waals surface area contributed by atoms with Gasteiger partial charge >= 0.3 is 0 Å². The summed E-state index contributed by atoms with van der Waals surface area (Å²) in [5.74, 6) is 1.89. The molecule has 1 amide bonds. The van der Waals surface area contributed by atoms with Crippen LogP contribution in [0.1, 0.15) is 11.3 Å². The number of aryl methyl sites for hydroxylation is 1. The van der Waals surface area contributed by atoms with Crippen LogP contribution in [0.25, 0.3) is 11.4 Å². The average molecular weight is 356 g/mol. The molecule has 0 N–H and O–H groups in total. The quantitative estimate of drug-likeness (QED) is 0.635. The lowest BCUT2D eigenvalue weighted by Crippen LogP contribution is -2.27. The molecule has 2 heterocycles. The first-order valence-corrected chi connectivity index (χ1v) is 8.89. The smallest absolute Gasteiger partial charge is 0.233 e. The molecule has 0 spiro atoms. The van der Waals surface area contributed by atoms with E-state index in [0.717, 1.165) is 27.9 Å². The summed E-state index contributed by atoms with van der Waals surface area (Å²) in [7, 11) is 3.68. The van der Waals surface area contributed by atoms with Gasteiger partial charge in [-0.25, -0.2) is 0 Å². The van der Waals surface area contributed by atoms with Crippen molar-refractivity contribution in [2.75, 3.05) is 12.8 Å². The van der Waals surface area contributed by atoms with E-state index in [2.05, 4.69) is 10.2 Å². The highest BCUT2D eigenvalue weighted by atomic mass is 32.2. The van der Waals surface area contributed by atoms with E-state index in [1.54, 1.807) is 18.2 Å². The van der Waals surface area contributed by atoms with Crippen molar-refractivity contribution in [1.82, 2.24) is 19.7 Å². The van der Waals surface area contributed by atoms with Crippen LogP contribution in [0.3, 0.4) is 0 Å². The monoisotopic (exact) mass is 356 g/mol. The minimum absolute atomic E-state index is 0.0156. The standard InChI is InChI=1S/C18H20N4O2S/c1-13-7-4-5-9-15(13)17-19-20-18(22(17)3)25-12-16(23)21(2)11-14-8-6-10-24-14/h4-10H,11-12H2,1-3H3. The summed E-state index contributed by atoms with van der Waals surface area (Å²) in [6, 6.07) is 11.7. The second-order valence-corrected chi connectivity index (χ2v) is 6.74. The molecule has 0 aliphatic heterocycles. The number of carbonyl (C=O) groups excluding carboxylic acids is 1. The van der Waals surface area contributed by atoms with Crippen molar-refractivity contribution in [3.63, 3.8) is 0 Å². The van der Waals surface area contributed by atoms with Crippen LogP contribution in [0.15, 0.2) is 52.2 Å². The molecule has 3 rings (SSSR count). The first-order valence-electron chi connectivity index (χ1n) is 7.91. The fraction of sp³-hybridized carbons (Fsp3) is 0.278. The number of amides is 1. The Morgan fingerprint density at radius 3 is 2.76 bits per heavy atom. The SMILES string of the molecule is Cc1ccccc1-c1nnc(SCC(=O)N(C)Cc2ccco2)n1C. The molecule has 0 radical (unpaired) electrons. The van der Waals surface area contributed by atoms with Crippen molar-refractivity contribution in [1.29, 1.82) is 0 Å². The van der Waals surface area contributed by atoms with Crippen LogP contribution >= 0.6 is 11.8 Å². The second kappa shape index (κ2) is 7.57. The number of hydrogen-bond donors (Lipinski definition) is 0. The Morgan fingerprint density at radius 1 is 1.24 bits per heavy atom. The molecule has 7 heteroatoms. The van der Waals surface area contributed by atoms with Crippen LogP contribution in [0.5, 0.6) is 0 Å². The number of benzene rings is 1. The van der Waals surface area contributed by atoms with Gasteiger partial charge in [0.15, 0.2) is 11.0 Å². The number of thioether (sulfide) groups is 1. The number of hydrogen-bond acceptors (Lipinski definition) is 5. The van der Waals surface area contributed by atoms with Gasteiger partial charge in [-0.3, -0.25) is 4.79 Å². The van der Waals surface area contributed by atoms with E-state index in [-0.39, 0.29) is 5.91 Å². The zero-order valence-electron chi connectivity index (χ0n) is 14.5. The topological polar surface area (TPSA) is 64.2 Å². The second-order valence-electron chi connectivity index (χ2n) is 5.80. The maximum atomic E-state index is 12.3. The van der Waals surface area contributed by atoms with Gasteiger partial charge in [0.25, 0.3) is 0 Å². The van der Waals surface area contributed by atoms with E-state index >= 15 is 0 Å². The van der Waals surface area contributed by atoms with E-state index in [1.165, 1.54) is 11.8 Å². The summed E-state index contributed by atoms with van der Waals surface area (Å²) in [4.78, 5) is 13.9. The highest BCUT2D eigenvalue weighted by Crippen LogP contribution is 2.25. The molecule has 0 aliphatic rings. The Kier molecular flexibility index (Phi) is 5.23. The zero-order chi connectivity index (χ0) is 17.8. The van der Waals surface area contributed by atoms with E-state index in [1.807, 2.05) is 54.9 Å². The van der Waals surface area contributed by atoms with E-state index in [4.69, 9.17) is 4.42 Å². The molecule has 3 aromatic rings. The molecular formula is C18H20N4O2S. The normalized spacial score (nSPS) is 10.8. The fourth-order valence-corrected chi connectivity index (χ4v) is 3.31. The maximum Gasteiger partial charge on any atom is 0.233 e. The Labute approximate surface area is 150 Å². The highest BCUT2D eigenvalue weighted by Gasteiger charge is 2.16. The molecule has 2 aromatic heterocycles. The van der Waals surface area contributed by atoms with Gasteiger partial charge in [0, 0.05) is 19.7 Å². The fourth-order valence-electron chi connectivity index (χ4n) is 2.46. The zero-order valence-corrected chi connectivity index (χ0v) is 15.3. The number of aromatic nitrogens is 3. The van der Waals surface area contributed by atoms with Crippen molar-refractivity contribution in [2.24, 2.45) is 7.05 Å². The van der Waals surface area contributed by atoms with Crippen molar-refractivity contribution in [2.45, 2.75) is 18.6 Å². The predicted molar refractivity (Wildman–Crippen MR) is 97.1 cm³/mol. The first-order chi connectivity index (χ1) is 12.1. The number of nitrogens with zero attached hydrogens (tertiary/aromatic N) is 4. The van der Waals surface area contributed by atoms with Crippen LogP contribution in [0.4, 0.5) is 0 Å². The Bertz CT molecular complexity index is 858. The van der Waals surface area contributed by atoms with Gasteiger partial charge < -0.3 is 13.9 Å². The van der Waals surface area contributed by atoms with Gasteiger partial charge in [-0.2, -0.15) is 0 Å². The predicted octanol–water partition coefficient (Wildman–Crippen LogP) is 3.13. The summed E-state index contributed by atoms with van der Waals surface area (Å²) in [5, 5.41) is 9.23. The summed E-state index contributed by atoms with van der Waals surface area (Å²) < 4.78 is 7.20. The van der Waals surface area contributed by atoms with Crippen LogP contribution in [0, 0.1) is 6.92 Å². The molecule has 6 nitrogen and oxygen atoms in total. The highest BCUT2D eigenvalue weighted by molar-refractivity contribution is 7.99. The van der Waals surface area contributed by atoms with Crippen LogP contribution in [0.2, 0.25) is 0 Å². The van der Waals surface area contributed by atoms with Crippen LogP contribution in [-0.4, -0.2) is 38.4 Å². The van der Waals surface area contributed by atoms with E-state index in [9.17, 15) is 4.79 Å². The average Bonchev–Trinajstić information content (AvgIpc) is 3.23. The Morgan fingerprint density at radius 2 is 2.04 bits per heavy atom. The summed E-state index contributed by atoms with van der Waals surface area (Å²) in [5.41, 5.74) is 2.19. The molecular weight excluding hydrogens is 336 g/mol. The maximum absolute atomic E-state index is 12.3. The molecule has 0 unspecified atom stereocenters. The molecule has 0 saturated carbocycles. The van der Waals surface area contributed by atoms with Crippen molar-refractivity contribution in [3.05, 3.63) is 54.0 Å². The van der Waals surface area contributed by atoms with Gasteiger partial charge in [0.05, 0.1) is 18.6 Å². The van der Waals surface area contributed by atoms with Gasteiger partial charge in [-0.1, -0.05) is 36.0 Å². The third-order valence-corrected chi connectivity index (χ3v) is 4.95. The molecule has 25 heavy (non-hydrogen) atoms. The summed E-state index contributed by atoms with van der Waals surface area (Å²) >= 11 is 1.38. The lowest BCUT2D eigenvalue weighted by molar-refractivity contribution is -0.127. The third kappa shape index (κ3) is 3.93. The van der Waals surface area contributed by atoms with Crippen molar-refractivity contribution >= 4 is 17.7 Å². The van der Waals surface area contributed by atoms with Gasteiger partial charge in [0.1, 0.15) is 5.76 Å². The molecule has 130 valence electrons. The minimum Gasteiger partial charge on any atom is -0.467 e. The van der Waals surface area contributed by atoms with Crippen LogP contribution < -0.4 is 0 Å². The van der Waals surface area contributed by atoms with Crippen molar-refractivity contribution < 1.29 is 9.21 Å². The third-order valence-electron chi connectivity index (χ3n) is 3.94. The molecule has 0 saturated heterocycles. The number of carbonyl (C=O) groups is 1. The summed E-state index contributed by atoms with van der Waals surface area (Å²) in [6.07, 6.45) is 1.61. The molecule has 0 fully saturated rings. The number of furan rings is 1. The molecule has 0 atom stereocenters. The molecule has 0 aliphatic carbocycles. The summed E-state index contributed by atoms with van der Waals surface area (Å²) in [6.45, 7) is 2.50. The van der Waals surface area contributed by atoms with Gasteiger partial charge in [-0.05, 0) is 24.6 Å². The van der Waals surface area contributed by atoms with E-state index in [0.29, 0.717) is 12.3 Å². The van der Waals surface area contributed by atoms with E-state index < -0.39 is 0 Å². The van der Waals surface area contributed by atoms with Crippen molar-refractivity contribution in [3.8, 4) is 11.4 Å². The Balaban J connectivity index is 1.64. The van der Waals surface area contributed by atoms with Gasteiger partial charge in [-0.15, -0.1) is 10.2 Å². The van der Waals surface area contributed by atoms with Crippen LogP contribution in [-0.2, 0) is 18.4 Å². The lowest BCUT2D eigenvalue weighted by atomic mass is 10.1. The van der Waals surface area contributed by atoms with Gasteiger partial charge in [0.2, 0.25) is 5.91 Å². The number of rotatable bonds is 6. The Hall–Kier alpha value is -2.54. The first kappa shape index (κ1) is 17.3. The lowest BCUT2D eigenvalue weighted by Gasteiger charge is -2.15. The molecule has 0 bridgehead atoms.